The Balaban J connectivity index is 2.65. The highest BCUT2D eigenvalue weighted by atomic mass is 16.3. The number of rotatable bonds is 4. The topological polar surface area (TPSA) is 69.6 Å². The van der Waals surface area contributed by atoms with E-state index in [2.05, 4.69) is 5.32 Å². The Labute approximate surface area is 88.6 Å². The second-order valence-electron chi connectivity index (χ2n) is 3.40. The molecule has 4 nitrogen and oxygen atoms in total. The summed E-state index contributed by atoms with van der Waals surface area (Å²) in [5, 5.41) is 20.8. The fraction of sp³-hybridized carbons (Fsp3) is 0.364. The summed E-state index contributed by atoms with van der Waals surface area (Å²) >= 11 is 0. The van der Waals surface area contributed by atoms with Gasteiger partial charge in [0.25, 0.3) is 5.91 Å². The molecule has 1 atom stereocenters. The lowest BCUT2D eigenvalue weighted by molar-refractivity contribution is 0.0932. The molecule has 0 radical (unpaired) electrons. The highest BCUT2D eigenvalue weighted by Gasteiger charge is 2.12. The number of aliphatic hydroxyl groups excluding tert-OH is 1. The van der Waals surface area contributed by atoms with Gasteiger partial charge in [-0.2, -0.15) is 0 Å². The molecule has 15 heavy (non-hydrogen) atoms. The summed E-state index contributed by atoms with van der Waals surface area (Å²) in [6.45, 7) is 1.83. The van der Waals surface area contributed by atoms with E-state index in [0.717, 1.165) is 0 Å². The Bertz CT molecular complexity index is 338. The number of phenols is 1. The van der Waals surface area contributed by atoms with Crippen molar-refractivity contribution < 1.29 is 15.0 Å². The third kappa shape index (κ3) is 3.25. The second-order valence-corrected chi connectivity index (χ2v) is 3.40. The van der Waals surface area contributed by atoms with Crippen LogP contribution in [0.1, 0.15) is 23.7 Å². The minimum absolute atomic E-state index is 0.0300. The lowest BCUT2D eigenvalue weighted by atomic mass is 10.1. The van der Waals surface area contributed by atoms with E-state index in [4.69, 9.17) is 5.11 Å². The summed E-state index contributed by atoms with van der Waals surface area (Å²) < 4.78 is 0. The van der Waals surface area contributed by atoms with Crippen LogP contribution in [0.4, 0.5) is 0 Å². The van der Waals surface area contributed by atoms with E-state index in [1.54, 1.807) is 25.1 Å². The van der Waals surface area contributed by atoms with Crippen molar-refractivity contribution in [3.05, 3.63) is 29.8 Å². The summed E-state index contributed by atoms with van der Waals surface area (Å²) in [6.07, 6.45) is 0.499. The van der Waals surface area contributed by atoms with Gasteiger partial charge < -0.3 is 15.5 Å². The van der Waals surface area contributed by atoms with Crippen molar-refractivity contribution in [1.82, 2.24) is 5.32 Å². The van der Waals surface area contributed by atoms with Gasteiger partial charge in [0.05, 0.1) is 5.56 Å². The molecular formula is C11H15NO3. The van der Waals surface area contributed by atoms with Crippen molar-refractivity contribution in [3.8, 4) is 5.75 Å². The molecule has 4 heteroatoms. The molecule has 0 fully saturated rings. The molecule has 1 rings (SSSR count). The van der Waals surface area contributed by atoms with Crippen molar-refractivity contribution >= 4 is 5.91 Å². The number of aliphatic hydroxyl groups is 1. The van der Waals surface area contributed by atoms with Gasteiger partial charge in [-0.15, -0.1) is 0 Å². The highest BCUT2D eigenvalue weighted by molar-refractivity contribution is 5.96. The number of hydrogen-bond donors (Lipinski definition) is 3. The van der Waals surface area contributed by atoms with Crippen LogP contribution in [-0.4, -0.2) is 28.8 Å². The molecule has 0 heterocycles. The molecule has 0 aliphatic heterocycles. The van der Waals surface area contributed by atoms with Crippen LogP contribution in [0.25, 0.3) is 0 Å². The first-order valence-electron chi connectivity index (χ1n) is 4.85. The molecule has 1 unspecified atom stereocenters. The normalized spacial score (nSPS) is 12.1. The Hall–Kier alpha value is -1.55. The second kappa shape index (κ2) is 5.36. The number of para-hydroxylation sites is 1. The molecule has 1 aromatic rings. The lowest BCUT2D eigenvalue weighted by Gasteiger charge is -2.12. The van der Waals surface area contributed by atoms with Crippen LogP contribution < -0.4 is 5.32 Å². The summed E-state index contributed by atoms with van der Waals surface area (Å²) in [5.41, 5.74) is 0.252. The number of benzene rings is 1. The monoisotopic (exact) mass is 209 g/mol. The molecule has 1 aromatic carbocycles. The van der Waals surface area contributed by atoms with Crippen LogP contribution in [-0.2, 0) is 0 Å². The van der Waals surface area contributed by atoms with Crippen molar-refractivity contribution in [1.29, 1.82) is 0 Å². The molecule has 0 saturated heterocycles. The van der Waals surface area contributed by atoms with Gasteiger partial charge in [0.1, 0.15) is 5.75 Å². The molecule has 0 aliphatic carbocycles. The maximum Gasteiger partial charge on any atom is 0.255 e. The third-order valence-electron chi connectivity index (χ3n) is 2.09. The predicted octanol–water partition coefficient (Wildman–Crippen LogP) is 0.893. The summed E-state index contributed by atoms with van der Waals surface area (Å²) in [4.78, 5) is 11.6. The van der Waals surface area contributed by atoms with Gasteiger partial charge >= 0.3 is 0 Å². The summed E-state index contributed by atoms with van der Waals surface area (Å²) in [7, 11) is 0. The van der Waals surface area contributed by atoms with Gasteiger partial charge in [-0.1, -0.05) is 12.1 Å². The van der Waals surface area contributed by atoms with Gasteiger partial charge in [-0.25, -0.2) is 0 Å². The smallest absolute Gasteiger partial charge is 0.255 e. The predicted molar refractivity (Wildman–Crippen MR) is 56.7 cm³/mol. The number of carbonyl (C=O) groups is 1. The van der Waals surface area contributed by atoms with Gasteiger partial charge in [0.15, 0.2) is 0 Å². The molecule has 0 bridgehead atoms. The SMILES string of the molecule is CC(CCO)NC(=O)c1ccccc1O. The molecule has 0 spiro atoms. The Kier molecular flexibility index (Phi) is 4.12. The zero-order valence-corrected chi connectivity index (χ0v) is 8.60. The van der Waals surface area contributed by atoms with Crippen LogP contribution in [0, 0.1) is 0 Å². The summed E-state index contributed by atoms with van der Waals surface area (Å²) in [5.74, 6) is -0.361. The van der Waals surface area contributed by atoms with E-state index in [1.165, 1.54) is 6.07 Å². The number of aromatic hydroxyl groups is 1. The van der Waals surface area contributed by atoms with Crippen LogP contribution in [0.2, 0.25) is 0 Å². The molecule has 0 aromatic heterocycles. The fourth-order valence-electron chi connectivity index (χ4n) is 1.23. The lowest BCUT2D eigenvalue weighted by Crippen LogP contribution is -2.33. The standard InChI is InChI=1S/C11H15NO3/c1-8(6-7-13)12-11(15)9-4-2-3-5-10(9)14/h2-5,8,13-14H,6-7H2,1H3,(H,12,15). The van der Waals surface area contributed by atoms with Gasteiger partial charge in [-0.05, 0) is 25.5 Å². The maximum absolute atomic E-state index is 11.6. The van der Waals surface area contributed by atoms with Crippen LogP contribution in [0.3, 0.4) is 0 Å². The molecular weight excluding hydrogens is 194 g/mol. The van der Waals surface area contributed by atoms with Crippen molar-refractivity contribution in [3.63, 3.8) is 0 Å². The van der Waals surface area contributed by atoms with Crippen molar-refractivity contribution in [2.75, 3.05) is 6.61 Å². The van der Waals surface area contributed by atoms with E-state index in [9.17, 15) is 9.90 Å². The van der Waals surface area contributed by atoms with Crippen LogP contribution in [0.5, 0.6) is 5.75 Å². The van der Waals surface area contributed by atoms with Gasteiger partial charge in [0.2, 0.25) is 0 Å². The molecule has 1 amide bonds. The third-order valence-corrected chi connectivity index (χ3v) is 2.09. The maximum atomic E-state index is 11.6. The largest absolute Gasteiger partial charge is 0.507 e. The molecule has 3 N–H and O–H groups in total. The first-order valence-corrected chi connectivity index (χ1v) is 4.85. The minimum atomic E-state index is -0.325. The zero-order valence-electron chi connectivity index (χ0n) is 8.60. The van der Waals surface area contributed by atoms with Crippen LogP contribution in [0.15, 0.2) is 24.3 Å². The van der Waals surface area contributed by atoms with E-state index >= 15 is 0 Å². The Morgan fingerprint density at radius 2 is 2.13 bits per heavy atom. The van der Waals surface area contributed by atoms with Crippen molar-refractivity contribution in [2.45, 2.75) is 19.4 Å². The average Bonchev–Trinajstić information content (AvgIpc) is 2.18. The fourth-order valence-corrected chi connectivity index (χ4v) is 1.23. The quantitative estimate of drug-likeness (QED) is 0.689. The highest BCUT2D eigenvalue weighted by Crippen LogP contribution is 2.15. The Morgan fingerprint density at radius 3 is 2.73 bits per heavy atom. The number of hydrogen-bond acceptors (Lipinski definition) is 3. The average molecular weight is 209 g/mol. The number of amides is 1. The van der Waals surface area contributed by atoms with Gasteiger partial charge in [-0.3, -0.25) is 4.79 Å². The van der Waals surface area contributed by atoms with Crippen LogP contribution >= 0.6 is 0 Å². The zero-order chi connectivity index (χ0) is 11.3. The number of phenolic OH excluding ortho intramolecular Hbond substituents is 1. The van der Waals surface area contributed by atoms with E-state index in [-0.39, 0.29) is 29.9 Å². The first-order chi connectivity index (χ1) is 7.15. The number of carbonyl (C=O) groups excluding carboxylic acids is 1. The number of nitrogens with one attached hydrogen (secondary N) is 1. The van der Waals surface area contributed by atoms with E-state index in [0.29, 0.717) is 6.42 Å². The van der Waals surface area contributed by atoms with E-state index < -0.39 is 0 Å². The molecule has 82 valence electrons. The van der Waals surface area contributed by atoms with E-state index in [1.807, 2.05) is 0 Å². The summed E-state index contributed by atoms with van der Waals surface area (Å²) in [6, 6.07) is 6.25. The first kappa shape index (κ1) is 11.5. The Morgan fingerprint density at radius 1 is 1.47 bits per heavy atom. The molecule has 0 aliphatic rings. The van der Waals surface area contributed by atoms with Gasteiger partial charge in [0, 0.05) is 12.6 Å². The molecule has 0 saturated carbocycles. The van der Waals surface area contributed by atoms with Crippen molar-refractivity contribution in [2.24, 2.45) is 0 Å². The minimum Gasteiger partial charge on any atom is -0.507 e.